The van der Waals surface area contributed by atoms with Crippen LogP contribution < -0.4 is 0 Å². The summed E-state index contributed by atoms with van der Waals surface area (Å²) < 4.78 is 2.53. The summed E-state index contributed by atoms with van der Waals surface area (Å²) in [6.45, 7) is 0. The summed E-state index contributed by atoms with van der Waals surface area (Å²) in [6.07, 6.45) is 0. The molecule has 0 saturated carbocycles. The van der Waals surface area contributed by atoms with Crippen molar-refractivity contribution >= 4 is 55.1 Å². The maximum atomic E-state index is 2.54. The quantitative estimate of drug-likeness (QED) is 0.175. The topological polar surface area (TPSA) is 4.93 Å². The molecule has 246 valence electrons. The lowest BCUT2D eigenvalue weighted by molar-refractivity contribution is 0.724. The van der Waals surface area contributed by atoms with E-state index in [2.05, 4.69) is 193 Å². The van der Waals surface area contributed by atoms with Crippen LogP contribution in [0.3, 0.4) is 0 Å². The van der Waals surface area contributed by atoms with Crippen molar-refractivity contribution in [2.24, 2.45) is 0 Å². The van der Waals surface area contributed by atoms with Crippen LogP contribution in [-0.2, 0) is 5.41 Å². The average molecular weight is 690 g/mol. The Hall–Kier alpha value is -6.35. The number of benzene rings is 9. The van der Waals surface area contributed by atoms with E-state index in [1.54, 1.807) is 0 Å². The third kappa shape index (κ3) is 3.94. The summed E-state index contributed by atoms with van der Waals surface area (Å²) in [6, 6.07) is 70.3. The van der Waals surface area contributed by atoms with Crippen LogP contribution in [0.4, 0.5) is 0 Å². The van der Waals surface area contributed by atoms with Crippen molar-refractivity contribution in [3.05, 3.63) is 210 Å². The van der Waals surface area contributed by atoms with Crippen LogP contribution >= 0.6 is 11.8 Å². The molecule has 1 aromatic heterocycles. The SMILES string of the molecule is c1ccc2c(c1)Sc1cc3c4ccc5ccccc5c4n(-c4ccc(-c5ccc6ccccc6c5)cc4)c3cc1C21c2ccccc2-c2ccccc21. The molecular formula is C51H31NS. The first-order valence-electron chi connectivity index (χ1n) is 18.3. The zero-order valence-electron chi connectivity index (χ0n) is 28.8. The minimum atomic E-state index is -0.429. The van der Waals surface area contributed by atoms with Crippen LogP contribution in [0.15, 0.2) is 198 Å². The van der Waals surface area contributed by atoms with E-state index in [1.807, 2.05) is 11.8 Å². The van der Waals surface area contributed by atoms with Crippen molar-refractivity contribution in [2.45, 2.75) is 15.2 Å². The highest BCUT2D eigenvalue weighted by molar-refractivity contribution is 7.99. The highest BCUT2D eigenvalue weighted by Gasteiger charge is 2.50. The maximum Gasteiger partial charge on any atom is 0.0736 e. The second-order valence-corrected chi connectivity index (χ2v) is 15.5. The summed E-state index contributed by atoms with van der Waals surface area (Å²) in [4.78, 5) is 2.64. The van der Waals surface area contributed by atoms with Gasteiger partial charge in [0.05, 0.1) is 16.4 Å². The van der Waals surface area contributed by atoms with E-state index in [-0.39, 0.29) is 0 Å². The van der Waals surface area contributed by atoms with Crippen molar-refractivity contribution in [1.82, 2.24) is 4.57 Å². The molecule has 2 aliphatic rings. The molecule has 1 aliphatic carbocycles. The second kappa shape index (κ2) is 10.8. The van der Waals surface area contributed by atoms with Crippen molar-refractivity contribution in [1.29, 1.82) is 0 Å². The van der Waals surface area contributed by atoms with Gasteiger partial charge in [0.1, 0.15) is 0 Å². The fourth-order valence-corrected chi connectivity index (χ4v) is 10.8. The lowest BCUT2D eigenvalue weighted by atomic mass is 9.67. The molecule has 12 rings (SSSR count). The zero-order chi connectivity index (χ0) is 34.7. The monoisotopic (exact) mass is 689 g/mol. The molecule has 0 bridgehead atoms. The largest absolute Gasteiger partial charge is 0.309 e. The van der Waals surface area contributed by atoms with Gasteiger partial charge in [-0.3, -0.25) is 0 Å². The molecule has 2 heterocycles. The third-order valence-electron chi connectivity index (χ3n) is 11.8. The molecule has 53 heavy (non-hydrogen) atoms. The molecule has 9 aromatic carbocycles. The summed E-state index contributed by atoms with van der Waals surface area (Å²) in [5, 5.41) is 7.60. The highest BCUT2D eigenvalue weighted by Crippen LogP contribution is 2.62. The number of hydrogen-bond acceptors (Lipinski definition) is 1. The normalized spacial score (nSPS) is 13.7. The van der Waals surface area contributed by atoms with Crippen LogP contribution in [0.25, 0.3) is 71.3 Å². The van der Waals surface area contributed by atoms with E-state index < -0.39 is 5.41 Å². The molecule has 0 fully saturated rings. The Morgan fingerprint density at radius 2 is 1.00 bits per heavy atom. The van der Waals surface area contributed by atoms with Gasteiger partial charge in [-0.25, -0.2) is 0 Å². The van der Waals surface area contributed by atoms with Gasteiger partial charge in [-0.05, 0) is 97.1 Å². The predicted octanol–water partition coefficient (Wildman–Crippen LogP) is 13.6. The molecule has 10 aromatic rings. The van der Waals surface area contributed by atoms with Crippen LogP contribution in [0, 0.1) is 0 Å². The minimum absolute atomic E-state index is 0.429. The number of rotatable bonds is 2. The molecule has 1 aliphatic heterocycles. The van der Waals surface area contributed by atoms with Crippen LogP contribution in [0.2, 0.25) is 0 Å². The molecular weight excluding hydrogens is 659 g/mol. The van der Waals surface area contributed by atoms with Crippen molar-refractivity contribution in [3.63, 3.8) is 0 Å². The molecule has 0 unspecified atom stereocenters. The smallest absolute Gasteiger partial charge is 0.0736 e. The molecule has 0 radical (unpaired) electrons. The van der Waals surface area contributed by atoms with Gasteiger partial charge in [0.15, 0.2) is 0 Å². The summed E-state index contributed by atoms with van der Waals surface area (Å²) in [5.41, 5.74) is 13.8. The van der Waals surface area contributed by atoms with Gasteiger partial charge in [0.25, 0.3) is 0 Å². The standard InChI is InChI=1S/C51H31NS/c1-2-13-35-29-36(22-21-32(35)11-1)33-23-26-37(27-24-33)52-47-31-46-49(30-42(47)41-28-25-34-12-3-4-14-38(34)50(41)52)53-48-20-10-9-19-45(48)51(46)43-17-7-5-15-39(43)40-16-6-8-18-44(40)51/h1-31H. The highest BCUT2D eigenvalue weighted by atomic mass is 32.2. The molecule has 2 heteroatoms. The van der Waals surface area contributed by atoms with Gasteiger partial charge in [-0.1, -0.05) is 163 Å². The molecule has 0 N–H and O–H groups in total. The molecule has 0 atom stereocenters. The molecule has 1 spiro atoms. The van der Waals surface area contributed by atoms with Gasteiger partial charge in [0, 0.05) is 31.6 Å². The first kappa shape index (κ1) is 29.3. The average Bonchev–Trinajstić information content (AvgIpc) is 3.71. The Bertz CT molecular complexity index is 3100. The van der Waals surface area contributed by atoms with E-state index in [4.69, 9.17) is 0 Å². The third-order valence-corrected chi connectivity index (χ3v) is 13.0. The van der Waals surface area contributed by atoms with E-state index in [1.165, 1.54) is 97.6 Å². The number of nitrogens with zero attached hydrogens (tertiary/aromatic N) is 1. The lowest BCUT2D eigenvalue weighted by Crippen LogP contribution is -2.32. The Labute approximate surface area is 311 Å². The summed E-state index contributed by atoms with van der Waals surface area (Å²) in [5.74, 6) is 0. The fraction of sp³-hybridized carbons (Fsp3) is 0.0196. The van der Waals surface area contributed by atoms with Gasteiger partial charge in [-0.2, -0.15) is 0 Å². The molecule has 0 saturated heterocycles. The van der Waals surface area contributed by atoms with Crippen molar-refractivity contribution in [2.75, 3.05) is 0 Å². The first-order chi connectivity index (χ1) is 26.3. The minimum Gasteiger partial charge on any atom is -0.309 e. The number of hydrogen-bond donors (Lipinski definition) is 0. The zero-order valence-corrected chi connectivity index (χ0v) is 29.6. The van der Waals surface area contributed by atoms with Gasteiger partial charge in [0.2, 0.25) is 0 Å². The van der Waals surface area contributed by atoms with Crippen LogP contribution in [0.5, 0.6) is 0 Å². The summed E-state index contributed by atoms with van der Waals surface area (Å²) >= 11 is 1.92. The maximum absolute atomic E-state index is 2.54. The predicted molar refractivity (Wildman–Crippen MR) is 223 cm³/mol. The van der Waals surface area contributed by atoms with Gasteiger partial charge in [-0.15, -0.1) is 0 Å². The van der Waals surface area contributed by atoms with Crippen LogP contribution in [-0.4, -0.2) is 4.57 Å². The van der Waals surface area contributed by atoms with E-state index in [9.17, 15) is 0 Å². The van der Waals surface area contributed by atoms with E-state index >= 15 is 0 Å². The summed E-state index contributed by atoms with van der Waals surface area (Å²) in [7, 11) is 0. The Balaban J connectivity index is 1.17. The lowest BCUT2D eigenvalue weighted by Gasteiger charge is -2.39. The molecule has 1 nitrogen and oxygen atoms in total. The van der Waals surface area contributed by atoms with E-state index in [0.717, 1.165) is 5.69 Å². The Morgan fingerprint density at radius 1 is 0.377 bits per heavy atom. The Morgan fingerprint density at radius 3 is 1.79 bits per heavy atom. The Kier molecular flexibility index (Phi) is 5.98. The molecule has 0 amide bonds. The second-order valence-electron chi connectivity index (χ2n) is 14.4. The van der Waals surface area contributed by atoms with Crippen molar-refractivity contribution < 1.29 is 0 Å². The fourth-order valence-electron chi connectivity index (χ4n) is 9.56. The van der Waals surface area contributed by atoms with Gasteiger partial charge < -0.3 is 4.57 Å². The van der Waals surface area contributed by atoms with E-state index in [0.29, 0.717) is 0 Å². The van der Waals surface area contributed by atoms with Crippen LogP contribution in [0.1, 0.15) is 22.3 Å². The number of aromatic nitrogens is 1. The first-order valence-corrected chi connectivity index (χ1v) is 19.2. The van der Waals surface area contributed by atoms with Crippen molar-refractivity contribution in [3.8, 4) is 27.9 Å². The number of fused-ring (bicyclic) bond motifs is 15. The van der Waals surface area contributed by atoms with Gasteiger partial charge >= 0.3 is 0 Å².